The van der Waals surface area contributed by atoms with Gasteiger partial charge in [-0.3, -0.25) is 9.69 Å². The first-order valence-corrected chi connectivity index (χ1v) is 8.30. The molecule has 0 unspecified atom stereocenters. The summed E-state index contributed by atoms with van der Waals surface area (Å²) in [4.78, 5) is 17.9. The normalized spacial score (nSPS) is 23.3. The molecule has 3 rings (SSSR count). The Hall–Kier alpha value is -1.58. The van der Waals surface area contributed by atoms with Crippen LogP contribution in [0, 0.1) is 5.92 Å². The second-order valence-electron chi connectivity index (χ2n) is 6.61. The number of hydrogen-bond donors (Lipinski definition) is 1. The zero-order valence-corrected chi connectivity index (χ0v) is 12.9. The summed E-state index contributed by atoms with van der Waals surface area (Å²) in [6.45, 7) is 4.51. The zero-order valence-electron chi connectivity index (χ0n) is 12.9. The van der Waals surface area contributed by atoms with Crippen LogP contribution in [0.1, 0.15) is 55.8 Å². The predicted molar refractivity (Wildman–Crippen MR) is 83.3 cm³/mol. The molecule has 1 amide bonds. The maximum absolute atomic E-state index is 12.2. The Morgan fingerprint density at radius 1 is 1.24 bits per heavy atom. The molecule has 0 aromatic carbocycles. The van der Waals surface area contributed by atoms with E-state index in [0.717, 1.165) is 43.2 Å². The van der Waals surface area contributed by atoms with Gasteiger partial charge in [0.2, 0.25) is 0 Å². The monoisotopic (exact) mass is 288 g/mol. The molecule has 0 radical (unpaired) electrons. The van der Waals surface area contributed by atoms with Gasteiger partial charge in [-0.05, 0) is 37.7 Å². The standard InChI is InChI=1S/C17H25N3O/c1-13-5-4-10-20(12-13)16-9-8-14(11-18-16)17(21)19-15-6-2-3-7-15/h8-9,11,13,15H,2-7,10,12H2,1H3,(H,19,21)/p+1/t13-/m0/s1. The largest absolute Gasteiger partial charge is 0.349 e. The lowest BCUT2D eigenvalue weighted by atomic mass is 10.0. The highest BCUT2D eigenvalue weighted by atomic mass is 16.1. The number of aromatic nitrogens is 1. The topological polar surface area (TPSA) is 46.5 Å². The molecular formula is C17H26N3O+. The van der Waals surface area contributed by atoms with Gasteiger partial charge >= 0.3 is 0 Å². The van der Waals surface area contributed by atoms with Crippen molar-refractivity contribution in [1.82, 2.24) is 5.32 Å². The van der Waals surface area contributed by atoms with Gasteiger partial charge in [-0.15, -0.1) is 0 Å². The average Bonchev–Trinajstić information content (AvgIpc) is 3.00. The Morgan fingerprint density at radius 2 is 2.05 bits per heavy atom. The van der Waals surface area contributed by atoms with Crippen molar-refractivity contribution in [3.63, 3.8) is 0 Å². The Bertz CT molecular complexity index is 479. The van der Waals surface area contributed by atoms with Gasteiger partial charge in [0.05, 0.1) is 18.7 Å². The van der Waals surface area contributed by atoms with E-state index < -0.39 is 0 Å². The van der Waals surface area contributed by atoms with E-state index in [4.69, 9.17) is 0 Å². The molecule has 4 heteroatoms. The molecule has 4 nitrogen and oxygen atoms in total. The van der Waals surface area contributed by atoms with Crippen molar-refractivity contribution < 1.29 is 9.78 Å². The molecule has 0 bridgehead atoms. The van der Waals surface area contributed by atoms with Crippen LogP contribution in [-0.2, 0) is 0 Å². The van der Waals surface area contributed by atoms with E-state index in [0.29, 0.717) is 6.04 Å². The lowest BCUT2D eigenvalue weighted by molar-refractivity contribution is -0.364. The number of hydrogen-bond acceptors (Lipinski definition) is 2. The van der Waals surface area contributed by atoms with Crippen molar-refractivity contribution in [2.24, 2.45) is 5.92 Å². The van der Waals surface area contributed by atoms with Gasteiger partial charge in [-0.2, -0.15) is 0 Å². The van der Waals surface area contributed by atoms with E-state index in [1.54, 1.807) is 0 Å². The first kappa shape index (κ1) is 14.4. The predicted octanol–water partition coefficient (Wildman–Crippen LogP) is 2.41. The fourth-order valence-corrected chi connectivity index (χ4v) is 3.50. The first-order chi connectivity index (χ1) is 10.2. The Balaban J connectivity index is 1.61. The molecule has 2 aliphatic rings. The van der Waals surface area contributed by atoms with Crippen molar-refractivity contribution in [2.45, 2.75) is 51.5 Å². The van der Waals surface area contributed by atoms with E-state index in [1.165, 1.54) is 25.7 Å². The highest BCUT2D eigenvalue weighted by Crippen LogP contribution is 2.20. The van der Waals surface area contributed by atoms with E-state index >= 15 is 0 Å². The molecule has 1 aliphatic carbocycles. The summed E-state index contributed by atoms with van der Waals surface area (Å²) in [5.74, 6) is 1.92. The van der Waals surface area contributed by atoms with Crippen molar-refractivity contribution in [1.29, 1.82) is 0 Å². The Labute approximate surface area is 126 Å². The minimum atomic E-state index is 0.0525. The van der Waals surface area contributed by atoms with Crippen LogP contribution < -0.4 is 15.2 Å². The number of rotatable bonds is 3. The average molecular weight is 288 g/mol. The molecule has 1 atom stereocenters. The van der Waals surface area contributed by atoms with Gasteiger partial charge in [0.15, 0.2) is 0 Å². The smallest absolute Gasteiger partial charge is 0.274 e. The number of nitrogens with one attached hydrogen (secondary N) is 2. The van der Waals surface area contributed by atoms with E-state index in [-0.39, 0.29) is 5.91 Å². The van der Waals surface area contributed by atoms with Gasteiger partial charge in [0, 0.05) is 12.1 Å². The molecule has 1 aliphatic heterocycles. The quantitative estimate of drug-likeness (QED) is 0.928. The number of carbonyl (C=O) groups excluding carboxylic acids is 1. The van der Waals surface area contributed by atoms with Crippen molar-refractivity contribution >= 4 is 11.7 Å². The van der Waals surface area contributed by atoms with E-state index in [2.05, 4.69) is 22.1 Å². The van der Waals surface area contributed by atoms with Crippen LogP contribution in [0.4, 0.5) is 5.82 Å². The second kappa shape index (κ2) is 6.46. The molecule has 2 N–H and O–H groups in total. The second-order valence-corrected chi connectivity index (χ2v) is 6.61. The number of pyridine rings is 1. The van der Waals surface area contributed by atoms with Crippen LogP contribution in [-0.4, -0.2) is 25.0 Å². The summed E-state index contributed by atoms with van der Waals surface area (Å²) in [7, 11) is 0. The molecule has 1 aromatic rings. The van der Waals surface area contributed by atoms with Crippen molar-refractivity contribution in [3.05, 3.63) is 23.9 Å². The summed E-state index contributed by atoms with van der Waals surface area (Å²) in [5, 5.41) is 3.13. The molecule has 0 spiro atoms. The molecule has 1 saturated heterocycles. The van der Waals surface area contributed by atoms with Gasteiger partial charge in [0.25, 0.3) is 11.7 Å². The number of amides is 1. The Morgan fingerprint density at radius 3 is 2.71 bits per heavy atom. The number of anilines is 1. The summed E-state index contributed by atoms with van der Waals surface area (Å²) in [6.07, 6.45) is 9.14. The molecule has 21 heavy (non-hydrogen) atoms. The van der Waals surface area contributed by atoms with Crippen LogP contribution in [0.3, 0.4) is 0 Å². The van der Waals surface area contributed by atoms with Crippen LogP contribution in [0.5, 0.6) is 0 Å². The summed E-state index contributed by atoms with van der Waals surface area (Å²) >= 11 is 0. The highest BCUT2D eigenvalue weighted by Gasteiger charge is 2.24. The zero-order chi connectivity index (χ0) is 14.7. The van der Waals surface area contributed by atoms with Gasteiger partial charge < -0.3 is 5.32 Å². The van der Waals surface area contributed by atoms with Crippen molar-refractivity contribution in [2.75, 3.05) is 18.0 Å². The van der Waals surface area contributed by atoms with E-state index in [9.17, 15) is 4.79 Å². The fraction of sp³-hybridized carbons (Fsp3) is 0.647. The lowest BCUT2D eigenvalue weighted by Crippen LogP contribution is -2.38. The number of carbonyl (C=O) groups is 1. The molecule has 1 aromatic heterocycles. The third-order valence-corrected chi connectivity index (χ3v) is 4.75. The first-order valence-electron chi connectivity index (χ1n) is 8.30. The van der Waals surface area contributed by atoms with Crippen LogP contribution >= 0.6 is 0 Å². The Kier molecular flexibility index (Phi) is 4.42. The number of aromatic amines is 1. The minimum Gasteiger partial charge on any atom is -0.349 e. The molecule has 1 saturated carbocycles. The van der Waals surface area contributed by atoms with Gasteiger partial charge in [-0.25, -0.2) is 4.98 Å². The number of piperidine rings is 1. The third kappa shape index (κ3) is 3.55. The summed E-state index contributed by atoms with van der Waals surface area (Å²) in [6, 6.07) is 4.36. The minimum absolute atomic E-state index is 0.0525. The molecule has 2 fully saturated rings. The summed E-state index contributed by atoms with van der Waals surface area (Å²) in [5.41, 5.74) is 0.732. The van der Waals surface area contributed by atoms with Crippen LogP contribution in [0.2, 0.25) is 0 Å². The highest BCUT2D eigenvalue weighted by molar-refractivity contribution is 5.93. The van der Waals surface area contributed by atoms with Crippen molar-refractivity contribution in [3.8, 4) is 0 Å². The number of nitrogens with zero attached hydrogens (tertiary/aromatic N) is 1. The van der Waals surface area contributed by atoms with Gasteiger partial charge in [-0.1, -0.05) is 19.8 Å². The van der Waals surface area contributed by atoms with Crippen LogP contribution in [0.15, 0.2) is 18.3 Å². The van der Waals surface area contributed by atoms with Gasteiger partial charge in [0.1, 0.15) is 6.20 Å². The molecule has 2 heterocycles. The maximum Gasteiger partial charge on any atom is 0.274 e. The maximum atomic E-state index is 12.2. The van der Waals surface area contributed by atoms with Crippen LogP contribution in [0.25, 0.3) is 0 Å². The third-order valence-electron chi connectivity index (χ3n) is 4.75. The fourth-order valence-electron chi connectivity index (χ4n) is 3.50. The summed E-state index contributed by atoms with van der Waals surface area (Å²) < 4.78 is 0. The van der Waals surface area contributed by atoms with E-state index in [1.807, 2.05) is 18.3 Å². The number of H-pyrrole nitrogens is 1. The lowest BCUT2D eigenvalue weighted by Gasteiger charge is -2.25. The molecule has 114 valence electrons. The molecular weight excluding hydrogens is 262 g/mol. The SMILES string of the molecule is C[C@H]1CCCN(c2ccc(C(=O)NC3CCCC3)c[nH+]2)C1.